The molecule has 0 unspecified atom stereocenters. The SMILES string of the molecule is O=C1Cc2cnccc2N1C(=O)c1cccs1. The number of hydrogen-bond donors (Lipinski definition) is 0. The van der Waals surface area contributed by atoms with Gasteiger partial charge in [-0.2, -0.15) is 0 Å². The molecule has 0 radical (unpaired) electrons. The summed E-state index contributed by atoms with van der Waals surface area (Å²) >= 11 is 1.34. The van der Waals surface area contributed by atoms with Crippen LogP contribution in [0.15, 0.2) is 36.0 Å². The molecule has 1 aliphatic heterocycles. The smallest absolute Gasteiger partial charge is 0.274 e. The Bertz CT molecular complexity index is 592. The van der Waals surface area contributed by atoms with Crippen LogP contribution in [0.4, 0.5) is 5.69 Å². The van der Waals surface area contributed by atoms with Gasteiger partial charge in [0, 0.05) is 18.0 Å². The maximum absolute atomic E-state index is 12.2. The lowest BCUT2D eigenvalue weighted by Gasteiger charge is -2.13. The first kappa shape index (κ1) is 10.2. The zero-order chi connectivity index (χ0) is 11.8. The lowest BCUT2D eigenvalue weighted by atomic mass is 10.2. The summed E-state index contributed by atoms with van der Waals surface area (Å²) in [6.45, 7) is 0. The standard InChI is InChI=1S/C12H8N2O2S/c15-11-6-8-7-13-4-3-9(8)14(11)12(16)10-2-1-5-17-10/h1-5,7H,6H2. The Morgan fingerprint density at radius 1 is 1.41 bits per heavy atom. The Kier molecular flexibility index (Phi) is 2.26. The Labute approximate surface area is 102 Å². The third kappa shape index (κ3) is 1.55. The quantitative estimate of drug-likeness (QED) is 0.719. The van der Waals surface area contributed by atoms with Gasteiger partial charge in [0.1, 0.15) is 0 Å². The zero-order valence-corrected chi connectivity index (χ0v) is 9.61. The van der Waals surface area contributed by atoms with Gasteiger partial charge in [-0.3, -0.25) is 14.6 Å². The summed E-state index contributed by atoms with van der Waals surface area (Å²) in [5.74, 6) is -0.443. The van der Waals surface area contributed by atoms with E-state index in [1.807, 2.05) is 5.38 Å². The summed E-state index contributed by atoms with van der Waals surface area (Å²) < 4.78 is 0. The second-order valence-corrected chi connectivity index (χ2v) is 4.64. The summed E-state index contributed by atoms with van der Waals surface area (Å²) in [5.41, 5.74) is 1.46. The number of hydrogen-bond acceptors (Lipinski definition) is 4. The van der Waals surface area contributed by atoms with Gasteiger partial charge >= 0.3 is 0 Å². The normalized spacial score (nSPS) is 13.9. The summed E-state index contributed by atoms with van der Waals surface area (Å²) in [4.78, 5) is 29.8. The molecule has 0 bridgehead atoms. The van der Waals surface area contributed by atoms with Crippen LogP contribution in [0.2, 0.25) is 0 Å². The largest absolute Gasteiger partial charge is 0.275 e. The molecule has 0 aromatic carbocycles. The van der Waals surface area contributed by atoms with Crippen molar-refractivity contribution in [2.45, 2.75) is 6.42 Å². The molecule has 3 rings (SSSR count). The van der Waals surface area contributed by atoms with Crippen molar-refractivity contribution in [1.82, 2.24) is 4.98 Å². The fraction of sp³-hybridized carbons (Fsp3) is 0.0833. The molecular weight excluding hydrogens is 236 g/mol. The number of amides is 2. The van der Waals surface area contributed by atoms with Crippen LogP contribution in [0.5, 0.6) is 0 Å². The lowest BCUT2D eigenvalue weighted by Crippen LogP contribution is -2.33. The van der Waals surface area contributed by atoms with Crippen molar-refractivity contribution in [2.24, 2.45) is 0 Å². The number of fused-ring (bicyclic) bond motifs is 1. The number of imide groups is 1. The number of pyridine rings is 1. The third-order valence-corrected chi connectivity index (χ3v) is 3.50. The first-order valence-corrected chi connectivity index (χ1v) is 5.99. The van der Waals surface area contributed by atoms with E-state index in [4.69, 9.17) is 0 Å². The molecule has 0 spiro atoms. The van der Waals surface area contributed by atoms with Gasteiger partial charge in [0.2, 0.25) is 5.91 Å². The molecule has 3 heterocycles. The van der Waals surface area contributed by atoms with Crippen LogP contribution in [-0.4, -0.2) is 16.8 Å². The highest BCUT2D eigenvalue weighted by Crippen LogP contribution is 2.29. The van der Waals surface area contributed by atoms with Crippen molar-refractivity contribution in [3.8, 4) is 0 Å². The molecule has 17 heavy (non-hydrogen) atoms. The number of aromatic nitrogens is 1. The first-order chi connectivity index (χ1) is 8.27. The van der Waals surface area contributed by atoms with Gasteiger partial charge in [-0.25, -0.2) is 4.90 Å². The monoisotopic (exact) mass is 244 g/mol. The molecule has 2 aromatic rings. The molecule has 0 saturated carbocycles. The maximum atomic E-state index is 12.2. The van der Waals surface area contributed by atoms with Crippen molar-refractivity contribution in [1.29, 1.82) is 0 Å². The fourth-order valence-electron chi connectivity index (χ4n) is 1.88. The van der Waals surface area contributed by atoms with E-state index in [9.17, 15) is 9.59 Å². The highest BCUT2D eigenvalue weighted by molar-refractivity contribution is 7.12. The summed E-state index contributed by atoms with van der Waals surface area (Å²) in [6, 6.07) is 5.22. The van der Waals surface area contributed by atoms with Crippen LogP contribution in [0.1, 0.15) is 15.2 Å². The maximum Gasteiger partial charge on any atom is 0.275 e. The number of thiophene rings is 1. The summed E-state index contributed by atoms with van der Waals surface area (Å²) in [6.07, 6.45) is 3.47. The van der Waals surface area contributed by atoms with Gasteiger partial charge in [0.15, 0.2) is 0 Å². The van der Waals surface area contributed by atoms with Crippen molar-refractivity contribution >= 4 is 28.8 Å². The minimum Gasteiger partial charge on any atom is -0.274 e. The molecule has 0 atom stereocenters. The van der Waals surface area contributed by atoms with E-state index in [0.29, 0.717) is 10.6 Å². The molecule has 1 aliphatic rings. The number of nitrogens with zero attached hydrogens (tertiary/aromatic N) is 2. The average Bonchev–Trinajstić information content (AvgIpc) is 2.94. The van der Waals surface area contributed by atoms with Crippen LogP contribution < -0.4 is 4.90 Å². The van der Waals surface area contributed by atoms with Gasteiger partial charge in [0.25, 0.3) is 5.91 Å². The van der Waals surface area contributed by atoms with E-state index in [1.165, 1.54) is 16.2 Å². The molecule has 0 saturated heterocycles. The molecule has 4 nitrogen and oxygen atoms in total. The predicted molar refractivity (Wildman–Crippen MR) is 64.1 cm³/mol. The van der Waals surface area contributed by atoms with E-state index in [1.54, 1.807) is 30.6 Å². The van der Waals surface area contributed by atoms with Crippen molar-refractivity contribution in [2.75, 3.05) is 4.90 Å². The third-order valence-electron chi connectivity index (χ3n) is 2.64. The average molecular weight is 244 g/mol. The first-order valence-electron chi connectivity index (χ1n) is 5.11. The fourth-order valence-corrected chi connectivity index (χ4v) is 2.54. The number of carbonyl (C=O) groups excluding carboxylic acids is 2. The number of anilines is 1. The van der Waals surface area contributed by atoms with Crippen molar-refractivity contribution in [3.05, 3.63) is 46.4 Å². The van der Waals surface area contributed by atoms with Crippen LogP contribution in [0, 0.1) is 0 Å². The van der Waals surface area contributed by atoms with E-state index in [-0.39, 0.29) is 18.2 Å². The minimum absolute atomic E-state index is 0.189. The second-order valence-electron chi connectivity index (χ2n) is 3.69. The van der Waals surface area contributed by atoms with E-state index in [0.717, 1.165) is 5.56 Å². The zero-order valence-electron chi connectivity index (χ0n) is 8.79. The van der Waals surface area contributed by atoms with Crippen molar-refractivity contribution in [3.63, 3.8) is 0 Å². The van der Waals surface area contributed by atoms with Crippen LogP contribution >= 0.6 is 11.3 Å². The van der Waals surface area contributed by atoms with Gasteiger partial charge < -0.3 is 0 Å². The molecule has 5 heteroatoms. The van der Waals surface area contributed by atoms with Crippen LogP contribution in [-0.2, 0) is 11.2 Å². The topological polar surface area (TPSA) is 50.3 Å². The van der Waals surface area contributed by atoms with E-state index in [2.05, 4.69) is 4.98 Å². The van der Waals surface area contributed by atoms with E-state index < -0.39 is 0 Å². The van der Waals surface area contributed by atoms with Gasteiger partial charge in [-0.1, -0.05) is 6.07 Å². The Morgan fingerprint density at radius 2 is 2.29 bits per heavy atom. The number of carbonyl (C=O) groups is 2. The van der Waals surface area contributed by atoms with Crippen LogP contribution in [0.3, 0.4) is 0 Å². The lowest BCUT2D eigenvalue weighted by molar-refractivity contribution is -0.116. The van der Waals surface area contributed by atoms with Gasteiger partial charge in [-0.15, -0.1) is 11.3 Å². The molecule has 84 valence electrons. The Hall–Kier alpha value is -2.01. The predicted octanol–water partition coefficient (Wildman–Crippen LogP) is 1.87. The van der Waals surface area contributed by atoms with Gasteiger partial charge in [0.05, 0.1) is 17.0 Å². The molecule has 0 aliphatic carbocycles. The molecular formula is C12H8N2O2S. The van der Waals surface area contributed by atoms with Crippen molar-refractivity contribution < 1.29 is 9.59 Å². The highest BCUT2D eigenvalue weighted by Gasteiger charge is 2.33. The molecule has 0 N–H and O–H groups in total. The molecule has 0 fully saturated rings. The highest BCUT2D eigenvalue weighted by atomic mass is 32.1. The summed E-state index contributed by atoms with van der Waals surface area (Å²) in [7, 11) is 0. The Balaban J connectivity index is 2.04. The Morgan fingerprint density at radius 3 is 3.06 bits per heavy atom. The molecule has 2 aromatic heterocycles. The second kappa shape index (κ2) is 3.78. The van der Waals surface area contributed by atoms with E-state index >= 15 is 0 Å². The number of rotatable bonds is 1. The summed E-state index contributed by atoms with van der Waals surface area (Å²) in [5, 5.41) is 1.82. The van der Waals surface area contributed by atoms with Crippen LogP contribution in [0.25, 0.3) is 0 Å². The van der Waals surface area contributed by atoms with Gasteiger partial charge in [-0.05, 0) is 17.5 Å². The molecule has 2 amide bonds. The minimum atomic E-state index is -0.255.